The average molecular weight is 538 g/mol. The molecule has 1 atom stereocenters. The fourth-order valence-corrected chi connectivity index (χ4v) is 5.52. The Morgan fingerprint density at radius 3 is 2.42 bits per heavy atom. The Bertz CT molecular complexity index is 1320. The van der Waals surface area contributed by atoms with Gasteiger partial charge in [0.25, 0.3) is 10.0 Å². The van der Waals surface area contributed by atoms with Crippen LogP contribution in [0.1, 0.15) is 37.8 Å². The zero-order valence-corrected chi connectivity index (χ0v) is 22.5. The smallest absolute Gasteiger partial charge is 0.303 e. The van der Waals surface area contributed by atoms with Crippen molar-refractivity contribution in [2.75, 3.05) is 17.5 Å². The Balaban J connectivity index is 1.66. The zero-order chi connectivity index (χ0) is 27.5. The summed E-state index contributed by atoms with van der Waals surface area (Å²) in [7, 11) is -3.74. The van der Waals surface area contributed by atoms with Crippen LogP contribution in [0.2, 0.25) is 0 Å². The molecule has 0 aliphatic rings. The van der Waals surface area contributed by atoms with Gasteiger partial charge < -0.3 is 14.9 Å². The lowest BCUT2D eigenvalue weighted by Crippen LogP contribution is -2.34. The van der Waals surface area contributed by atoms with E-state index in [4.69, 9.17) is 9.84 Å². The number of sulfonamides is 1. The highest BCUT2D eigenvalue weighted by atomic mass is 32.2. The minimum Gasteiger partial charge on any atom is -0.493 e. The van der Waals surface area contributed by atoms with Crippen molar-refractivity contribution in [1.29, 1.82) is 0 Å². The largest absolute Gasteiger partial charge is 0.493 e. The molecule has 7 nitrogen and oxygen atoms in total. The van der Waals surface area contributed by atoms with Crippen molar-refractivity contribution < 1.29 is 28.2 Å². The van der Waals surface area contributed by atoms with Crippen molar-refractivity contribution in [3.63, 3.8) is 0 Å². The zero-order valence-electron chi connectivity index (χ0n) is 21.7. The second kappa shape index (κ2) is 13.8. The number of aliphatic hydroxyl groups is 1. The number of aliphatic carboxylic acids is 1. The van der Waals surface area contributed by atoms with Gasteiger partial charge in [0.05, 0.1) is 23.3 Å². The third-order valence-electron chi connectivity index (χ3n) is 5.78. The molecular formula is C30H35NO6S. The first-order chi connectivity index (χ1) is 18.2. The third-order valence-corrected chi connectivity index (χ3v) is 7.59. The van der Waals surface area contributed by atoms with Crippen LogP contribution in [0.25, 0.3) is 6.08 Å². The van der Waals surface area contributed by atoms with Crippen LogP contribution in [0.4, 0.5) is 5.69 Å². The van der Waals surface area contributed by atoms with Crippen LogP contribution in [0.3, 0.4) is 0 Å². The Labute approximate surface area is 225 Å². The summed E-state index contributed by atoms with van der Waals surface area (Å²) in [6.07, 6.45) is 3.37. The van der Waals surface area contributed by atoms with Crippen LogP contribution in [-0.2, 0) is 21.2 Å². The van der Waals surface area contributed by atoms with Gasteiger partial charge in [-0.2, -0.15) is 0 Å². The molecule has 0 fully saturated rings. The van der Waals surface area contributed by atoms with Crippen LogP contribution >= 0.6 is 0 Å². The van der Waals surface area contributed by atoms with Crippen molar-refractivity contribution in [1.82, 2.24) is 0 Å². The molecule has 2 N–H and O–H groups in total. The van der Waals surface area contributed by atoms with Crippen LogP contribution < -0.4 is 9.04 Å². The third kappa shape index (κ3) is 8.46. The number of ether oxygens (including phenoxy) is 1. The minimum atomic E-state index is -3.74. The number of carboxylic acid groups (broad SMARTS) is 1. The van der Waals surface area contributed by atoms with Crippen LogP contribution in [0.15, 0.2) is 89.8 Å². The summed E-state index contributed by atoms with van der Waals surface area (Å²) in [4.78, 5) is 11.1. The predicted molar refractivity (Wildman–Crippen MR) is 150 cm³/mol. The molecule has 0 aliphatic heterocycles. The standard InChI is InChI=1S/C30H35NO6S/c1-23(2)22-31(38(35,36)28-12-4-3-5-13-28)26-11-8-9-24(21-26)15-17-27(32)19-20-37-29-14-7-6-10-25(29)16-18-30(33)34/h3-15,17,21,23,27,32H,16,18-20,22H2,1-2H3,(H,33,34)/b17-15+/t27-/m0/s1. The first kappa shape index (κ1) is 28.9. The molecule has 3 aromatic rings. The molecule has 3 rings (SSSR count). The van der Waals surface area contributed by atoms with Crippen molar-refractivity contribution in [3.8, 4) is 5.75 Å². The van der Waals surface area contributed by atoms with Gasteiger partial charge >= 0.3 is 5.97 Å². The first-order valence-electron chi connectivity index (χ1n) is 12.6. The molecule has 8 heteroatoms. The molecule has 0 unspecified atom stereocenters. The molecule has 0 aliphatic carbocycles. The Hall–Kier alpha value is -3.62. The topological polar surface area (TPSA) is 104 Å². The van der Waals surface area contributed by atoms with E-state index in [2.05, 4.69) is 0 Å². The molecule has 0 bridgehead atoms. The first-order valence-corrected chi connectivity index (χ1v) is 14.1. The highest BCUT2D eigenvalue weighted by Crippen LogP contribution is 2.26. The number of rotatable bonds is 14. The molecule has 38 heavy (non-hydrogen) atoms. The SMILES string of the molecule is CC(C)CN(c1cccc(/C=C/[C@H](O)CCOc2ccccc2CCC(=O)O)c1)S(=O)(=O)c1ccccc1. The van der Waals surface area contributed by atoms with Gasteiger partial charge in [-0.1, -0.05) is 74.5 Å². The van der Waals surface area contributed by atoms with E-state index in [1.54, 1.807) is 66.7 Å². The van der Waals surface area contributed by atoms with Crippen LogP contribution in [0, 0.1) is 5.92 Å². The van der Waals surface area contributed by atoms with E-state index in [0.717, 1.165) is 11.1 Å². The van der Waals surface area contributed by atoms with E-state index in [-0.39, 0.29) is 23.8 Å². The van der Waals surface area contributed by atoms with Gasteiger partial charge in [0.1, 0.15) is 5.75 Å². The lowest BCUT2D eigenvalue weighted by molar-refractivity contribution is -0.136. The fraction of sp³-hybridized carbons (Fsp3) is 0.300. The van der Waals surface area contributed by atoms with Gasteiger partial charge in [-0.15, -0.1) is 0 Å². The van der Waals surface area contributed by atoms with E-state index in [9.17, 15) is 18.3 Å². The summed E-state index contributed by atoms with van der Waals surface area (Å²) in [6, 6.07) is 22.9. The maximum absolute atomic E-state index is 13.4. The molecule has 202 valence electrons. The van der Waals surface area contributed by atoms with Crippen molar-refractivity contribution in [3.05, 3.63) is 96.1 Å². The molecule has 0 aromatic heterocycles. The number of carbonyl (C=O) groups is 1. The van der Waals surface area contributed by atoms with Gasteiger partial charge in [-0.05, 0) is 53.8 Å². The summed E-state index contributed by atoms with van der Waals surface area (Å²) in [5.41, 5.74) is 2.13. The molecular weight excluding hydrogens is 502 g/mol. The highest BCUT2D eigenvalue weighted by Gasteiger charge is 2.25. The lowest BCUT2D eigenvalue weighted by Gasteiger charge is -2.26. The number of anilines is 1. The van der Waals surface area contributed by atoms with E-state index in [0.29, 0.717) is 30.8 Å². The highest BCUT2D eigenvalue weighted by molar-refractivity contribution is 7.92. The molecule has 0 saturated heterocycles. The quantitative estimate of drug-likeness (QED) is 0.285. The molecule has 3 aromatic carbocycles. The number of nitrogens with zero attached hydrogens (tertiary/aromatic N) is 1. The average Bonchev–Trinajstić information content (AvgIpc) is 2.90. The summed E-state index contributed by atoms with van der Waals surface area (Å²) in [6.45, 7) is 4.53. The molecule has 0 saturated carbocycles. The number of hydrogen-bond donors (Lipinski definition) is 2. The number of aliphatic hydroxyl groups excluding tert-OH is 1. The van der Waals surface area contributed by atoms with Crippen LogP contribution in [0.5, 0.6) is 5.75 Å². The van der Waals surface area contributed by atoms with Gasteiger partial charge in [0, 0.05) is 19.4 Å². The number of carboxylic acids is 1. The Kier molecular flexibility index (Phi) is 10.5. The maximum atomic E-state index is 13.4. The number of aryl methyl sites for hydroxylation is 1. The summed E-state index contributed by atoms with van der Waals surface area (Å²) < 4.78 is 34.0. The maximum Gasteiger partial charge on any atom is 0.303 e. The van der Waals surface area contributed by atoms with E-state index in [1.807, 2.05) is 38.1 Å². The Morgan fingerprint density at radius 2 is 1.71 bits per heavy atom. The second-order valence-corrected chi connectivity index (χ2v) is 11.3. The normalized spacial score (nSPS) is 12.5. The number of para-hydroxylation sites is 1. The van der Waals surface area contributed by atoms with E-state index < -0.39 is 22.1 Å². The minimum absolute atomic E-state index is 0.0199. The van der Waals surface area contributed by atoms with Crippen LogP contribution in [-0.4, -0.2) is 43.9 Å². The van der Waals surface area contributed by atoms with E-state index >= 15 is 0 Å². The summed E-state index contributed by atoms with van der Waals surface area (Å²) in [5.74, 6) is -0.138. The molecule has 0 amide bonds. The van der Waals surface area contributed by atoms with Gasteiger partial charge in [0.15, 0.2) is 0 Å². The fourth-order valence-electron chi connectivity index (χ4n) is 3.88. The van der Waals surface area contributed by atoms with Crippen molar-refractivity contribution >= 4 is 27.8 Å². The van der Waals surface area contributed by atoms with Gasteiger partial charge in [-0.3, -0.25) is 9.10 Å². The van der Waals surface area contributed by atoms with Crippen molar-refractivity contribution in [2.24, 2.45) is 5.92 Å². The lowest BCUT2D eigenvalue weighted by atomic mass is 10.1. The monoisotopic (exact) mass is 537 g/mol. The molecule has 0 heterocycles. The Morgan fingerprint density at radius 1 is 1.00 bits per heavy atom. The molecule has 0 radical (unpaired) electrons. The number of benzene rings is 3. The summed E-state index contributed by atoms with van der Waals surface area (Å²) >= 11 is 0. The molecule has 0 spiro atoms. The van der Waals surface area contributed by atoms with Crippen molar-refractivity contribution in [2.45, 2.75) is 44.1 Å². The second-order valence-electron chi connectivity index (χ2n) is 9.40. The summed E-state index contributed by atoms with van der Waals surface area (Å²) in [5, 5.41) is 19.4. The number of hydrogen-bond acceptors (Lipinski definition) is 5. The predicted octanol–water partition coefficient (Wildman–Crippen LogP) is 5.40. The van der Waals surface area contributed by atoms with Gasteiger partial charge in [0.2, 0.25) is 0 Å². The van der Waals surface area contributed by atoms with Gasteiger partial charge in [-0.25, -0.2) is 8.42 Å². The van der Waals surface area contributed by atoms with E-state index in [1.165, 1.54) is 4.31 Å².